The number of nitrogens with one attached hydrogen (secondary N) is 1. The maximum atomic E-state index is 11.4. The Labute approximate surface area is 111 Å². The first kappa shape index (κ1) is 15.4. The standard InChI is InChI=1S/C14H29N3O/c1-11-7-5-8-12(2)17(11)10-6-9-14(3,16-4)13(15)18/h11-12,16H,5-10H2,1-4H3,(H2,15,18). The van der Waals surface area contributed by atoms with Gasteiger partial charge in [0.05, 0.1) is 5.54 Å². The van der Waals surface area contributed by atoms with Crippen molar-refractivity contribution in [2.24, 2.45) is 5.73 Å². The van der Waals surface area contributed by atoms with Crippen LogP contribution < -0.4 is 11.1 Å². The number of likely N-dealkylation sites (tertiary alicyclic amines) is 1. The van der Waals surface area contributed by atoms with Crippen molar-refractivity contribution >= 4 is 5.91 Å². The summed E-state index contributed by atoms with van der Waals surface area (Å²) in [5.41, 5.74) is 4.87. The van der Waals surface area contributed by atoms with Gasteiger partial charge in [0.25, 0.3) is 0 Å². The molecule has 1 amide bonds. The first-order chi connectivity index (χ1) is 8.40. The van der Waals surface area contributed by atoms with E-state index in [4.69, 9.17) is 5.73 Å². The number of rotatable bonds is 6. The number of hydrogen-bond donors (Lipinski definition) is 2. The predicted octanol–water partition coefficient (Wildman–Crippen LogP) is 1.49. The molecule has 1 heterocycles. The van der Waals surface area contributed by atoms with Crippen molar-refractivity contribution in [1.29, 1.82) is 0 Å². The molecule has 3 N–H and O–H groups in total. The lowest BCUT2D eigenvalue weighted by Gasteiger charge is -2.39. The first-order valence-electron chi connectivity index (χ1n) is 7.15. The Morgan fingerprint density at radius 3 is 2.39 bits per heavy atom. The monoisotopic (exact) mass is 255 g/mol. The van der Waals surface area contributed by atoms with E-state index in [0.29, 0.717) is 12.1 Å². The summed E-state index contributed by atoms with van der Waals surface area (Å²) in [7, 11) is 1.80. The molecule has 3 unspecified atom stereocenters. The van der Waals surface area contributed by atoms with Gasteiger partial charge < -0.3 is 11.1 Å². The highest BCUT2D eigenvalue weighted by Gasteiger charge is 2.30. The molecule has 0 aliphatic carbocycles. The number of piperidine rings is 1. The fraction of sp³-hybridized carbons (Fsp3) is 0.929. The molecule has 18 heavy (non-hydrogen) atoms. The van der Waals surface area contributed by atoms with E-state index in [2.05, 4.69) is 24.1 Å². The van der Waals surface area contributed by atoms with E-state index < -0.39 is 5.54 Å². The average Bonchev–Trinajstić information content (AvgIpc) is 2.32. The van der Waals surface area contributed by atoms with Crippen LogP contribution in [0.15, 0.2) is 0 Å². The summed E-state index contributed by atoms with van der Waals surface area (Å²) < 4.78 is 0. The zero-order chi connectivity index (χ0) is 13.8. The van der Waals surface area contributed by atoms with Gasteiger partial charge in [0.2, 0.25) is 5.91 Å². The van der Waals surface area contributed by atoms with Crippen LogP contribution in [0.3, 0.4) is 0 Å². The predicted molar refractivity (Wildman–Crippen MR) is 75.4 cm³/mol. The molecule has 1 aliphatic heterocycles. The van der Waals surface area contributed by atoms with Crippen molar-refractivity contribution in [3.8, 4) is 0 Å². The highest BCUT2D eigenvalue weighted by Crippen LogP contribution is 2.23. The van der Waals surface area contributed by atoms with E-state index in [1.807, 2.05) is 6.92 Å². The molecule has 4 heteroatoms. The lowest BCUT2D eigenvalue weighted by Crippen LogP contribution is -2.52. The molecular weight excluding hydrogens is 226 g/mol. The van der Waals surface area contributed by atoms with E-state index in [1.165, 1.54) is 19.3 Å². The SMILES string of the molecule is CNC(C)(CCCN1C(C)CCCC1C)C(N)=O. The minimum absolute atomic E-state index is 0.259. The maximum absolute atomic E-state index is 11.4. The smallest absolute Gasteiger partial charge is 0.237 e. The second-order valence-electron chi connectivity index (χ2n) is 5.92. The van der Waals surface area contributed by atoms with Crippen LogP contribution in [0.2, 0.25) is 0 Å². The van der Waals surface area contributed by atoms with Crippen LogP contribution in [0.4, 0.5) is 0 Å². The Balaban J connectivity index is 2.42. The number of nitrogens with two attached hydrogens (primary N) is 1. The van der Waals surface area contributed by atoms with Crippen LogP contribution in [0.25, 0.3) is 0 Å². The Bertz CT molecular complexity index is 272. The summed E-state index contributed by atoms with van der Waals surface area (Å²) in [6, 6.07) is 1.34. The van der Waals surface area contributed by atoms with E-state index in [1.54, 1.807) is 7.05 Å². The molecule has 106 valence electrons. The summed E-state index contributed by atoms with van der Waals surface area (Å²) in [5.74, 6) is -0.259. The van der Waals surface area contributed by atoms with Gasteiger partial charge in [0.1, 0.15) is 0 Å². The number of nitrogens with zero attached hydrogens (tertiary/aromatic N) is 1. The molecule has 0 aromatic carbocycles. The number of primary amides is 1. The fourth-order valence-electron chi connectivity index (χ4n) is 2.90. The third-order valence-corrected chi connectivity index (χ3v) is 4.56. The average molecular weight is 255 g/mol. The lowest BCUT2D eigenvalue weighted by atomic mass is 9.93. The van der Waals surface area contributed by atoms with Gasteiger partial charge in [0.15, 0.2) is 0 Å². The number of likely N-dealkylation sites (N-methyl/N-ethyl adjacent to an activating group) is 1. The molecule has 3 atom stereocenters. The molecule has 0 aromatic heterocycles. The topological polar surface area (TPSA) is 58.4 Å². The summed E-state index contributed by atoms with van der Waals surface area (Å²) in [6.07, 6.45) is 5.74. The van der Waals surface area contributed by atoms with Crippen LogP contribution in [0, 0.1) is 0 Å². The summed E-state index contributed by atoms with van der Waals surface area (Å²) in [5, 5.41) is 3.04. The Morgan fingerprint density at radius 2 is 1.94 bits per heavy atom. The van der Waals surface area contributed by atoms with E-state index in [0.717, 1.165) is 19.4 Å². The van der Waals surface area contributed by atoms with Crippen molar-refractivity contribution in [3.05, 3.63) is 0 Å². The van der Waals surface area contributed by atoms with Crippen LogP contribution in [-0.4, -0.2) is 42.0 Å². The number of carbonyl (C=O) groups excluding carboxylic acids is 1. The quantitative estimate of drug-likeness (QED) is 0.756. The highest BCUT2D eigenvalue weighted by molar-refractivity contribution is 5.84. The van der Waals surface area contributed by atoms with Crippen molar-refractivity contribution < 1.29 is 4.79 Å². The largest absolute Gasteiger partial charge is 0.368 e. The second-order valence-corrected chi connectivity index (χ2v) is 5.92. The minimum Gasteiger partial charge on any atom is -0.368 e. The molecular formula is C14H29N3O. The van der Waals surface area contributed by atoms with Gasteiger partial charge in [-0.05, 0) is 60.0 Å². The molecule has 1 fully saturated rings. The number of carbonyl (C=O) groups is 1. The number of hydrogen-bond acceptors (Lipinski definition) is 3. The third kappa shape index (κ3) is 3.69. The van der Waals surface area contributed by atoms with Crippen molar-refractivity contribution in [2.45, 2.75) is 70.5 Å². The van der Waals surface area contributed by atoms with Crippen LogP contribution >= 0.6 is 0 Å². The van der Waals surface area contributed by atoms with Crippen LogP contribution in [-0.2, 0) is 4.79 Å². The van der Waals surface area contributed by atoms with Crippen LogP contribution in [0.1, 0.15) is 52.9 Å². The molecule has 1 aliphatic rings. The molecule has 0 radical (unpaired) electrons. The summed E-state index contributed by atoms with van der Waals surface area (Å²) in [4.78, 5) is 14.0. The van der Waals surface area contributed by atoms with E-state index in [9.17, 15) is 4.79 Å². The van der Waals surface area contributed by atoms with Gasteiger partial charge in [-0.25, -0.2) is 0 Å². The van der Waals surface area contributed by atoms with E-state index >= 15 is 0 Å². The van der Waals surface area contributed by atoms with E-state index in [-0.39, 0.29) is 5.91 Å². The molecule has 4 nitrogen and oxygen atoms in total. The molecule has 1 saturated heterocycles. The fourth-order valence-corrected chi connectivity index (χ4v) is 2.90. The zero-order valence-corrected chi connectivity index (χ0v) is 12.3. The van der Waals surface area contributed by atoms with Crippen molar-refractivity contribution in [3.63, 3.8) is 0 Å². The molecule has 0 bridgehead atoms. The summed E-state index contributed by atoms with van der Waals surface area (Å²) in [6.45, 7) is 7.56. The van der Waals surface area contributed by atoms with Gasteiger partial charge >= 0.3 is 0 Å². The molecule has 0 saturated carbocycles. The lowest BCUT2D eigenvalue weighted by molar-refractivity contribution is -0.123. The summed E-state index contributed by atoms with van der Waals surface area (Å²) >= 11 is 0. The molecule has 0 spiro atoms. The highest BCUT2D eigenvalue weighted by atomic mass is 16.1. The third-order valence-electron chi connectivity index (χ3n) is 4.56. The van der Waals surface area contributed by atoms with Gasteiger partial charge in [0, 0.05) is 12.1 Å². The first-order valence-corrected chi connectivity index (χ1v) is 7.15. The zero-order valence-electron chi connectivity index (χ0n) is 12.3. The van der Waals surface area contributed by atoms with Gasteiger partial charge in [-0.2, -0.15) is 0 Å². The second kappa shape index (κ2) is 6.53. The Morgan fingerprint density at radius 1 is 1.39 bits per heavy atom. The Hall–Kier alpha value is -0.610. The number of amides is 1. The molecule has 1 rings (SSSR count). The van der Waals surface area contributed by atoms with Gasteiger partial charge in [-0.1, -0.05) is 6.42 Å². The normalized spacial score (nSPS) is 28.9. The van der Waals surface area contributed by atoms with Gasteiger partial charge in [-0.3, -0.25) is 9.69 Å². The van der Waals surface area contributed by atoms with Crippen LogP contribution in [0.5, 0.6) is 0 Å². The molecule has 0 aromatic rings. The van der Waals surface area contributed by atoms with Crippen molar-refractivity contribution in [2.75, 3.05) is 13.6 Å². The minimum atomic E-state index is -0.567. The van der Waals surface area contributed by atoms with Crippen molar-refractivity contribution in [1.82, 2.24) is 10.2 Å². The maximum Gasteiger partial charge on any atom is 0.237 e. The van der Waals surface area contributed by atoms with Gasteiger partial charge in [-0.15, -0.1) is 0 Å². The Kier molecular flexibility index (Phi) is 5.60.